The molecule has 2 N–H and O–H groups in total. The number of anilines is 1. The Morgan fingerprint density at radius 1 is 1.00 bits per heavy atom. The lowest BCUT2D eigenvalue weighted by Gasteiger charge is -2.38. The molecule has 1 atom stereocenters. The molecule has 1 aliphatic carbocycles. The van der Waals surface area contributed by atoms with Crippen molar-refractivity contribution >= 4 is 23.0 Å². The summed E-state index contributed by atoms with van der Waals surface area (Å²) in [5, 5.41) is 4.42. The maximum atomic E-state index is 5.73. The van der Waals surface area contributed by atoms with Gasteiger partial charge in [-0.3, -0.25) is 0 Å². The molecule has 1 unspecified atom stereocenters. The van der Waals surface area contributed by atoms with Crippen molar-refractivity contribution < 1.29 is 4.90 Å². The maximum Gasteiger partial charge on any atom is 0.173 e. The van der Waals surface area contributed by atoms with Crippen molar-refractivity contribution in [1.29, 1.82) is 0 Å². The Balaban J connectivity index is 1.55. The van der Waals surface area contributed by atoms with E-state index >= 15 is 0 Å². The molecule has 1 saturated carbocycles. The van der Waals surface area contributed by atoms with Crippen molar-refractivity contribution in [3.63, 3.8) is 0 Å². The summed E-state index contributed by atoms with van der Waals surface area (Å²) in [6.07, 6.45) is 8.25. The number of benzene rings is 1. The molecule has 2 fully saturated rings. The van der Waals surface area contributed by atoms with Crippen LogP contribution in [0.5, 0.6) is 0 Å². The minimum Gasteiger partial charge on any atom is -0.349 e. The van der Waals surface area contributed by atoms with Crippen molar-refractivity contribution in [2.24, 2.45) is 0 Å². The van der Waals surface area contributed by atoms with Gasteiger partial charge in [-0.05, 0) is 69.8 Å². The molecule has 0 aromatic heterocycles. The number of hydrogen-bond donors (Lipinski definition) is 2. The Kier molecular flexibility index (Phi) is 6.00. The summed E-state index contributed by atoms with van der Waals surface area (Å²) in [6.45, 7) is 8.65. The van der Waals surface area contributed by atoms with E-state index in [0.29, 0.717) is 0 Å². The van der Waals surface area contributed by atoms with Crippen LogP contribution in [-0.4, -0.2) is 42.2 Å². The van der Waals surface area contributed by atoms with Gasteiger partial charge < -0.3 is 15.1 Å². The number of rotatable bonds is 3. The molecule has 25 heavy (non-hydrogen) atoms. The lowest BCUT2D eigenvalue weighted by Crippen LogP contribution is -3.16. The first kappa shape index (κ1) is 18.7. The SMILES string of the molecule is Cc1cc(C)c(NC(=S)N2CCC([NH+](C)C3CCCC3)CC2)c(C)c1. The Morgan fingerprint density at radius 3 is 2.08 bits per heavy atom. The fourth-order valence-electron chi connectivity index (χ4n) is 4.82. The van der Waals surface area contributed by atoms with Crippen LogP contribution in [0.2, 0.25) is 0 Å². The molecule has 1 saturated heterocycles. The highest BCUT2D eigenvalue weighted by molar-refractivity contribution is 7.80. The molecule has 0 bridgehead atoms. The number of thiocarbonyl (C=S) groups is 1. The predicted octanol–water partition coefficient (Wildman–Crippen LogP) is 3.23. The van der Waals surface area contributed by atoms with Crippen LogP contribution >= 0.6 is 12.2 Å². The molecule has 1 heterocycles. The largest absolute Gasteiger partial charge is 0.349 e. The van der Waals surface area contributed by atoms with E-state index in [-0.39, 0.29) is 0 Å². The number of likely N-dealkylation sites (tertiary alicyclic amines) is 1. The minimum atomic E-state index is 0.810. The molecule has 0 amide bonds. The molecule has 0 spiro atoms. The molecule has 1 aromatic rings. The lowest BCUT2D eigenvalue weighted by molar-refractivity contribution is -0.931. The molecule has 4 heteroatoms. The zero-order valence-corrected chi connectivity index (χ0v) is 17.1. The highest BCUT2D eigenvalue weighted by atomic mass is 32.1. The zero-order chi connectivity index (χ0) is 18.0. The highest BCUT2D eigenvalue weighted by Gasteiger charge is 2.32. The van der Waals surface area contributed by atoms with Gasteiger partial charge in [0.1, 0.15) is 0 Å². The van der Waals surface area contributed by atoms with E-state index < -0.39 is 0 Å². The second kappa shape index (κ2) is 8.05. The van der Waals surface area contributed by atoms with E-state index in [9.17, 15) is 0 Å². The van der Waals surface area contributed by atoms with Crippen LogP contribution in [0.4, 0.5) is 5.69 Å². The van der Waals surface area contributed by atoms with Gasteiger partial charge in [-0.2, -0.15) is 0 Å². The standard InChI is InChI=1S/C21H33N3S/c1-15-13-16(2)20(17(3)14-15)22-21(25)24-11-9-19(10-12-24)23(4)18-7-5-6-8-18/h13-14,18-19H,5-12H2,1-4H3,(H,22,25)/p+1. The van der Waals surface area contributed by atoms with Gasteiger partial charge in [-0.25, -0.2) is 0 Å². The fourth-order valence-corrected chi connectivity index (χ4v) is 5.10. The Hall–Kier alpha value is -1.13. The van der Waals surface area contributed by atoms with E-state index in [1.54, 1.807) is 4.90 Å². The summed E-state index contributed by atoms with van der Waals surface area (Å²) in [5.41, 5.74) is 5.05. The van der Waals surface area contributed by atoms with E-state index in [4.69, 9.17) is 12.2 Å². The van der Waals surface area contributed by atoms with Crippen molar-refractivity contribution in [3.05, 3.63) is 28.8 Å². The first-order valence-electron chi connectivity index (χ1n) is 9.93. The van der Waals surface area contributed by atoms with Gasteiger partial charge in [0.05, 0.1) is 19.1 Å². The van der Waals surface area contributed by atoms with Crippen molar-refractivity contribution in [3.8, 4) is 0 Å². The monoisotopic (exact) mass is 360 g/mol. The molecule has 1 aliphatic heterocycles. The van der Waals surface area contributed by atoms with Gasteiger partial charge in [-0.15, -0.1) is 0 Å². The van der Waals surface area contributed by atoms with Crippen molar-refractivity contribution in [2.45, 2.75) is 71.4 Å². The molecule has 138 valence electrons. The summed E-state index contributed by atoms with van der Waals surface area (Å²) >= 11 is 5.73. The average molecular weight is 361 g/mol. The van der Waals surface area contributed by atoms with E-state index in [2.05, 4.69) is 50.2 Å². The van der Waals surface area contributed by atoms with Crippen LogP contribution < -0.4 is 10.2 Å². The summed E-state index contributed by atoms with van der Waals surface area (Å²) in [5.74, 6) is 0. The van der Waals surface area contributed by atoms with Gasteiger partial charge in [0.2, 0.25) is 0 Å². The molecule has 3 rings (SSSR count). The molecule has 3 nitrogen and oxygen atoms in total. The van der Waals surface area contributed by atoms with Crippen LogP contribution in [0, 0.1) is 20.8 Å². The Labute approximate surface area is 158 Å². The third-order valence-electron chi connectivity index (χ3n) is 6.33. The molecule has 0 radical (unpaired) electrons. The molecule has 2 aliphatic rings. The van der Waals surface area contributed by atoms with Gasteiger partial charge in [-0.1, -0.05) is 17.7 Å². The van der Waals surface area contributed by atoms with Gasteiger partial charge in [0.15, 0.2) is 5.11 Å². The van der Waals surface area contributed by atoms with Crippen LogP contribution in [0.25, 0.3) is 0 Å². The van der Waals surface area contributed by atoms with Gasteiger partial charge >= 0.3 is 0 Å². The lowest BCUT2D eigenvalue weighted by atomic mass is 10.0. The minimum absolute atomic E-state index is 0.810. The number of hydrogen-bond acceptors (Lipinski definition) is 1. The van der Waals surface area contributed by atoms with Crippen LogP contribution in [-0.2, 0) is 0 Å². The Bertz CT molecular complexity index is 591. The second-order valence-corrected chi connectivity index (χ2v) is 8.58. The number of quaternary nitrogens is 1. The second-order valence-electron chi connectivity index (χ2n) is 8.19. The van der Waals surface area contributed by atoms with E-state index in [1.807, 2.05) is 0 Å². The van der Waals surface area contributed by atoms with Gasteiger partial charge in [0.25, 0.3) is 0 Å². The third-order valence-corrected chi connectivity index (χ3v) is 6.69. The first-order chi connectivity index (χ1) is 12.0. The topological polar surface area (TPSA) is 19.7 Å². The maximum absolute atomic E-state index is 5.73. The molecule has 1 aromatic carbocycles. The zero-order valence-electron chi connectivity index (χ0n) is 16.3. The number of nitrogens with zero attached hydrogens (tertiary/aromatic N) is 1. The molecular weight excluding hydrogens is 326 g/mol. The first-order valence-corrected chi connectivity index (χ1v) is 10.3. The number of nitrogens with one attached hydrogen (secondary N) is 2. The number of aryl methyl sites for hydroxylation is 3. The quantitative estimate of drug-likeness (QED) is 0.808. The van der Waals surface area contributed by atoms with Gasteiger partial charge in [0, 0.05) is 31.6 Å². The van der Waals surface area contributed by atoms with Crippen LogP contribution in [0.15, 0.2) is 12.1 Å². The van der Waals surface area contributed by atoms with E-state index in [0.717, 1.165) is 30.3 Å². The normalized spacial score (nSPS) is 20.7. The van der Waals surface area contributed by atoms with Crippen molar-refractivity contribution in [1.82, 2.24) is 4.90 Å². The summed E-state index contributed by atoms with van der Waals surface area (Å²) < 4.78 is 0. The molecular formula is C21H34N3S+. The smallest absolute Gasteiger partial charge is 0.173 e. The Morgan fingerprint density at radius 2 is 1.52 bits per heavy atom. The van der Waals surface area contributed by atoms with Crippen LogP contribution in [0.3, 0.4) is 0 Å². The van der Waals surface area contributed by atoms with Crippen LogP contribution in [0.1, 0.15) is 55.2 Å². The van der Waals surface area contributed by atoms with Crippen molar-refractivity contribution in [2.75, 3.05) is 25.5 Å². The summed E-state index contributed by atoms with van der Waals surface area (Å²) in [7, 11) is 2.42. The fraction of sp³-hybridized carbons (Fsp3) is 0.667. The highest BCUT2D eigenvalue weighted by Crippen LogP contribution is 2.23. The summed E-state index contributed by atoms with van der Waals surface area (Å²) in [4.78, 5) is 4.15. The third kappa shape index (κ3) is 4.35. The number of piperidine rings is 1. The van der Waals surface area contributed by atoms with E-state index in [1.165, 1.54) is 60.9 Å². The average Bonchev–Trinajstić information content (AvgIpc) is 3.12. The predicted molar refractivity (Wildman–Crippen MR) is 111 cm³/mol. The summed E-state index contributed by atoms with van der Waals surface area (Å²) in [6, 6.07) is 6.17.